The van der Waals surface area contributed by atoms with E-state index in [0.717, 1.165) is 5.56 Å². The van der Waals surface area contributed by atoms with E-state index < -0.39 is 10.0 Å². The number of benzene rings is 2. The average Bonchev–Trinajstić information content (AvgIpc) is 3.16. The van der Waals surface area contributed by atoms with E-state index in [9.17, 15) is 12.8 Å². The summed E-state index contributed by atoms with van der Waals surface area (Å²) in [7, 11) is -3.57. The Balaban J connectivity index is 1.78. The van der Waals surface area contributed by atoms with Gasteiger partial charge in [0.2, 0.25) is 15.9 Å². The molecule has 9 heteroatoms. The van der Waals surface area contributed by atoms with Crippen LogP contribution in [-0.4, -0.2) is 36.0 Å². The Kier molecular flexibility index (Phi) is 6.48. The molecule has 0 fully saturated rings. The molecule has 0 saturated heterocycles. The second kappa shape index (κ2) is 8.85. The molecule has 0 radical (unpaired) electrons. The molecule has 148 valence electrons. The van der Waals surface area contributed by atoms with E-state index in [1.54, 1.807) is 38.1 Å². The topological polar surface area (TPSA) is 76.3 Å². The van der Waals surface area contributed by atoms with Gasteiger partial charge in [0, 0.05) is 24.4 Å². The van der Waals surface area contributed by atoms with Crippen LogP contribution in [0.4, 0.5) is 4.39 Å². The first-order chi connectivity index (χ1) is 13.4. The minimum atomic E-state index is -3.57. The van der Waals surface area contributed by atoms with Crippen LogP contribution in [-0.2, 0) is 15.8 Å². The van der Waals surface area contributed by atoms with Gasteiger partial charge in [-0.2, -0.15) is 4.31 Å². The molecule has 28 heavy (non-hydrogen) atoms. The molecule has 0 unspecified atom stereocenters. The Labute approximate surface area is 167 Å². The molecule has 0 aliphatic rings. The highest BCUT2D eigenvalue weighted by Crippen LogP contribution is 2.27. The molecule has 0 atom stereocenters. The maximum absolute atomic E-state index is 13.2. The fourth-order valence-electron chi connectivity index (χ4n) is 2.66. The van der Waals surface area contributed by atoms with Crippen LogP contribution in [0.15, 0.2) is 63.1 Å². The number of rotatable bonds is 8. The average molecular weight is 422 g/mol. The number of thioether (sulfide) groups is 1. The molecule has 0 aliphatic heterocycles. The Morgan fingerprint density at radius 2 is 1.82 bits per heavy atom. The van der Waals surface area contributed by atoms with E-state index in [-0.39, 0.29) is 16.6 Å². The summed E-state index contributed by atoms with van der Waals surface area (Å²) < 4.78 is 45.7. The maximum Gasteiger partial charge on any atom is 0.277 e. The molecule has 0 aliphatic carbocycles. The van der Waals surface area contributed by atoms with Crippen molar-refractivity contribution in [1.29, 1.82) is 0 Å². The van der Waals surface area contributed by atoms with Crippen molar-refractivity contribution < 1.29 is 17.2 Å². The minimum Gasteiger partial charge on any atom is -0.411 e. The Bertz CT molecular complexity index is 1050. The van der Waals surface area contributed by atoms with E-state index in [4.69, 9.17) is 4.42 Å². The van der Waals surface area contributed by atoms with Crippen LogP contribution in [0.3, 0.4) is 0 Å². The van der Waals surface area contributed by atoms with Gasteiger partial charge < -0.3 is 4.42 Å². The lowest BCUT2D eigenvalue weighted by atomic mass is 10.2. The molecule has 1 aromatic heterocycles. The number of sulfonamides is 1. The summed E-state index contributed by atoms with van der Waals surface area (Å²) in [5.74, 6) is 0.421. The third-order valence-corrected chi connectivity index (χ3v) is 7.02. The van der Waals surface area contributed by atoms with Gasteiger partial charge >= 0.3 is 0 Å². The number of hydrogen-bond donors (Lipinski definition) is 0. The molecular weight excluding hydrogens is 401 g/mol. The summed E-state index contributed by atoms with van der Waals surface area (Å²) in [6.07, 6.45) is 0. The van der Waals surface area contributed by atoms with Crippen LogP contribution in [0.25, 0.3) is 11.5 Å². The van der Waals surface area contributed by atoms with Gasteiger partial charge in [0.25, 0.3) is 5.22 Å². The number of halogens is 1. The van der Waals surface area contributed by atoms with Crippen molar-refractivity contribution in [1.82, 2.24) is 14.5 Å². The molecule has 2 aromatic carbocycles. The standard InChI is InChI=1S/C19H20FN3O3S2/c1-3-23(4-2)28(24,25)17-10-6-8-15(12-17)18-21-22-19(26-18)27-13-14-7-5-9-16(20)11-14/h5-12H,3-4,13H2,1-2H3. The minimum absolute atomic E-state index is 0.181. The third-order valence-electron chi connectivity index (χ3n) is 4.08. The van der Waals surface area contributed by atoms with Gasteiger partial charge in [-0.25, -0.2) is 12.8 Å². The second-order valence-electron chi connectivity index (χ2n) is 5.91. The zero-order valence-corrected chi connectivity index (χ0v) is 17.1. The number of hydrogen-bond acceptors (Lipinski definition) is 6. The lowest BCUT2D eigenvalue weighted by Gasteiger charge is -2.18. The van der Waals surface area contributed by atoms with Crippen LogP contribution in [0.5, 0.6) is 0 Å². The first-order valence-electron chi connectivity index (χ1n) is 8.75. The largest absolute Gasteiger partial charge is 0.411 e. The molecule has 1 heterocycles. The van der Waals surface area contributed by atoms with Gasteiger partial charge in [0.05, 0.1) is 4.90 Å². The molecular formula is C19H20FN3O3S2. The van der Waals surface area contributed by atoms with Crippen molar-refractivity contribution in [2.45, 2.75) is 29.7 Å². The lowest BCUT2D eigenvalue weighted by molar-refractivity contribution is 0.445. The van der Waals surface area contributed by atoms with Gasteiger partial charge in [-0.05, 0) is 35.9 Å². The number of nitrogens with zero attached hydrogens (tertiary/aromatic N) is 3. The van der Waals surface area contributed by atoms with Crippen molar-refractivity contribution in [2.75, 3.05) is 13.1 Å². The zero-order valence-electron chi connectivity index (χ0n) is 15.5. The summed E-state index contributed by atoms with van der Waals surface area (Å²) in [5, 5.41) is 8.32. The van der Waals surface area contributed by atoms with Crippen LogP contribution in [0.1, 0.15) is 19.4 Å². The van der Waals surface area contributed by atoms with Crippen molar-refractivity contribution in [3.63, 3.8) is 0 Å². The quantitative estimate of drug-likeness (QED) is 0.508. The van der Waals surface area contributed by atoms with E-state index in [1.807, 2.05) is 6.07 Å². The van der Waals surface area contributed by atoms with E-state index >= 15 is 0 Å². The molecule has 3 aromatic rings. The van der Waals surface area contributed by atoms with Gasteiger partial charge in [0.15, 0.2) is 0 Å². The van der Waals surface area contributed by atoms with Crippen LogP contribution >= 0.6 is 11.8 Å². The predicted octanol–water partition coefficient (Wildman–Crippen LogP) is 4.20. The molecule has 0 N–H and O–H groups in total. The highest BCUT2D eigenvalue weighted by molar-refractivity contribution is 7.98. The van der Waals surface area contributed by atoms with E-state index in [1.165, 1.54) is 34.3 Å². The van der Waals surface area contributed by atoms with E-state index in [2.05, 4.69) is 10.2 Å². The Hall–Kier alpha value is -2.23. The van der Waals surface area contributed by atoms with Crippen LogP contribution < -0.4 is 0 Å². The summed E-state index contributed by atoms with van der Waals surface area (Å²) in [4.78, 5) is 0.181. The molecule has 0 amide bonds. The van der Waals surface area contributed by atoms with Gasteiger partial charge in [-0.1, -0.05) is 43.8 Å². The Morgan fingerprint density at radius 1 is 1.07 bits per heavy atom. The second-order valence-corrected chi connectivity index (χ2v) is 8.77. The van der Waals surface area contributed by atoms with Gasteiger partial charge in [0.1, 0.15) is 5.82 Å². The normalized spacial score (nSPS) is 11.9. The highest BCUT2D eigenvalue weighted by atomic mass is 32.2. The fraction of sp³-hybridized carbons (Fsp3) is 0.263. The molecule has 0 spiro atoms. The molecule has 3 rings (SSSR count). The smallest absolute Gasteiger partial charge is 0.277 e. The summed E-state index contributed by atoms with van der Waals surface area (Å²) in [6.45, 7) is 4.38. The maximum atomic E-state index is 13.2. The molecule has 0 bridgehead atoms. The van der Waals surface area contributed by atoms with Crippen molar-refractivity contribution >= 4 is 21.8 Å². The molecule has 6 nitrogen and oxygen atoms in total. The number of aromatic nitrogens is 2. The monoisotopic (exact) mass is 421 g/mol. The summed E-state index contributed by atoms with van der Waals surface area (Å²) in [6, 6.07) is 12.7. The third kappa shape index (κ3) is 4.60. The lowest BCUT2D eigenvalue weighted by Crippen LogP contribution is -2.30. The fourth-order valence-corrected chi connectivity index (χ4v) is 4.87. The zero-order chi connectivity index (χ0) is 20.1. The summed E-state index contributed by atoms with van der Waals surface area (Å²) in [5.41, 5.74) is 1.33. The first-order valence-corrected chi connectivity index (χ1v) is 11.2. The highest BCUT2D eigenvalue weighted by Gasteiger charge is 2.22. The van der Waals surface area contributed by atoms with Gasteiger partial charge in [-0.15, -0.1) is 10.2 Å². The van der Waals surface area contributed by atoms with Gasteiger partial charge in [-0.3, -0.25) is 0 Å². The van der Waals surface area contributed by atoms with Crippen molar-refractivity contribution in [3.8, 4) is 11.5 Å². The van der Waals surface area contributed by atoms with Crippen LogP contribution in [0, 0.1) is 5.82 Å². The summed E-state index contributed by atoms with van der Waals surface area (Å²) >= 11 is 1.29. The molecule has 0 saturated carbocycles. The van der Waals surface area contributed by atoms with Crippen molar-refractivity contribution in [3.05, 3.63) is 59.9 Å². The van der Waals surface area contributed by atoms with E-state index in [0.29, 0.717) is 29.6 Å². The van der Waals surface area contributed by atoms with Crippen molar-refractivity contribution in [2.24, 2.45) is 0 Å². The predicted molar refractivity (Wildman–Crippen MR) is 106 cm³/mol. The first kappa shape index (κ1) is 20.5. The van der Waals surface area contributed by atoms with Crippen LogP contribution in [0.2, 0.25) is 0 Å². The SMILES string of the molecule is CCN(CC)S(=O)(=O)c1cccc(-c2nnc(SCc3cccc(F)c3)o2)c1. The Morgan fingerprint density at radius 3 is 2.54 bits per heavy atom.